The average molecular weight is 334 g/mol. The van der Waals surface area contributed by atoms with Crippen LogP contribution in [0.25, 0.3) is 0 Å². The summed E-state index contributed by atoms with van der Waals surface area (Å²) in [6.45, 7) is 8.20. The van der Waals surface area contributed by atoms with Crippen molar-refractivity contribution in [1.29, 1.82) is 0 Å². The predicted molar refractivity (Wildman–Crippen MR) is 94.4 cm³/mol. The lowest BCUT2D eigenvalue weighted by Gasteiger charge is -2.19. The van der Waals surface area contributed by atoms with Crippen molar-refractivity contribution in [3.8, 4) is 0 Å². The van der Waals surface area contributed by atoms with Crippen LogP contribution in [0.1, 0.15) is 26.0 Å². The number of anilines is 2. The van der Waals surface area contributed by atoms with Crippen molar-refractivity contribution in [2.24, 2.45) is 0 Å². The average Bonchev–Trinajstić information content (AvgIpc) is 2.87. The highest BCUT2D eigenvalue weighted by molar-refractivity contribution is 7.07. The highest BCUT2D eigenvalue weighted by Crippen LogP contribution is 2.14. The summed E-state index contributed by atoms with van der Waals surface area (Å²) in [6, 6.07) is 3.75. The molecule has 6 nitrogen and oxygen atoms in total. The Balaban J connectivity index is 1.91. The Morgan fingerprint density at radius 1 is 1.35 bits per heavy atom. The van der Waals surface area contributed by atoms with Crippen molar-refractivity contribution < 1.29 is 4.79 Å². The zero-order chi connectivity index (χ0) is 16.8. The number of hydrogen-bond acceptors (Lipinski definition) is 5. The third-order valence-corrected chi connectivity index (χ3v) is 4.54. The van der Waals surface area contributed by atoms with Gasteiger partial charge in [-0.05, 0) is 32.9 Å². The summed E-state index contributed by atoms with van der Waals surface area (Å²) in [4.78, 5) is 30.1. The van der Waals surface area contributed by atoms with Crippen molar-refractivity contribution in [3.05, 3.63) is 39.1 Å². The lowest BCUT2D eigenvalue weighted by atomic mass is 10.3. The quantitative estimate of drug-likeness (QED) is 0.845. The van der Waals surface area contributed by atoms with E-state index in [-0.39, 0.29) is 17.2 Å². The molecule has 0 saturated heterocycles. The lowest BCUT2D eigenvalue weighted by Crippen LogP contribution is -2.23. The molecule has 0 unspecified atom stereocenters. The number of carbonyl (C=O) groups is 1. The molecular weight excluding hydrogens is 312 g/mol. The second-order valence-corrected chi connectivity index (χ2v) is 5.99. The van der Waals surface area contributed by atoms with E-state index in [4.69, 9.17) is 0 Å². The summed E-state index contributed by atoms with van der Waals surface area (Å²) in [6.07, 6.45) is 1.92. The predicted octanol–water partition coefficient (Wildman–Crippen LogP) is 2.49. The molecule has 0 aliphatic rings. The van der Waals surface area contributed by atoms with E-state index in [9.17, 15) is 9.59 Å². The summed E-state index contributed by atoms with van der Waals surface area (Å²) < 4.78 is 1.62. The molecule has 1 amide bonds. The van der Waals surface area contributed by atoms with E-state index in [1.807, 2.05) is 19.1 Å². The maximum atomic E-state index is 12.0. The highest BCUT2D eigenvalue weighted by Gasteiger charge is 2.08. The van der Waals surface area contributed by atoms with E-state index in [0.717, 1.165) is 35.9 Å². The van der Waals surface area contributed by atoms with Crippen molar-refractivity contribution in [3.63, 3.8) is 0 Å². The first kappa shape index (κ1) is 17.2. The fourth-order valence-corrected chi connectivity index (χ4v) is 3.07. The molecule has 0 aliphatic heterocycles. The molecule has 0 spiro atoms. The second-order valence-electron chi connectivity index (χ2n) is 5.17. The Bertz CT molecular complexity index is 702. The smallest absolute Gasteiger partial charge is 0.307 e. The van der Waals surface area contributed by atoms with E-state index in [1.54, 1.807) is 16.1 Å². The summed E-state index contributed by atoms with van der Waals surface area (Å²) >= 11 is 1.16. The molecule has 0 bridgehead atoms. The van der Waals surface area contributed by atoms with E-state index >= 15 is 0 Å². The molecule has 2 aromatic heterocycles. The first-order chi connectivity index (χ1) is 11.0. The number of carbonyl (C=O) groups excluding carboxylic acids is 1. The zero-order valence-electron chi connectivity index (χ0n) is 13.7. The van der Waals surface area contributed by atoms with Gasteiger partial charge in [0.15, 0.2) is 0 Å². The van der Waals surface area contributed by atoms with E-state index in [0.29, 0.717) is 12.2 Å². The number of hydrogen-bond donors (Lipinski definition) is 1. The van der Waals surface area contributed by atoms with Crippen LogP contribution in [-0.4, -0.2) is 28.5 Å². The number of aromatic nitrogens is 2. The molecule has 2 heterocycles. The van der Waals surface area contributed by atoms with Gasteiger partial charge in [-0.3, -0.25) is 9.59 Å². The van der Waals surface area contributed by atoms with Gasteiger partial charge in [0, 0.05) is 37.1 Å². The standard InChI is InChI=1S/C16H22N4O2S/c1-4-19(5-2)14-7-6-13(10-17-14)18-15(21)8-9-20-12(3)11-23-16(20)22/h6-7,10-11H,4-5,8-9H2,1-3H3,(H,18,21). The zero-order valence-corrected chi connectivity index (χ0v) is 14.5. The number of aryl methyl sites for hydroxylation is 1. The molecule has 124 valence electrons. The number of thiazole rings is 1. The first-order valence-electron chi connectivity index (χ1n) is 7.71. The Kier molecular flexibility index (Phi) is 5.92. The van der Waals surface area contributed by atoms with Crippen LogP contribution in [0.5, 0.6) is 0 Å². The summed E-state index contributed by atoms with van der Waals surface area (Å²) in [5.74, 6) is 0.772. The van der Waals surface area contributed by atoms with Gasteiger partial charge in [-0.1, -0.05) is 11.3 Å². The molecule has 0 radical (unpaired) electrons. The van der Waals surface area contributed by atoms with Gasteiger partial charge in [-0.15, -0.1) is 0 Å². The topological polar surface area (TPSA) is 67.2 Å². The first-order valence-corrected chi connectivity index (χ1v) is 8.58. The largest absolute Gasteiger partial charge is 0.357 e. The van der Waals surface area contributed by atoms with Crippen molar-refractivity contribution in [1.82, 2.24) is 9.55 Å². The molecule has 2 rings (SSSR count). The molecule has 2 aromatic rings. The van der Waals surface area contributed by atoms with Crippen molar-refractivity contribution >= 4 is 28.7 Å². The Hall–Kier alpha value is -2.15. The third-order valence-electron chi connectivity index (χ3n) is 3.66. The Labute approximate surface area is 139 Å². The molecule has 7 heteroatoms. The molecule has 23 heavy (non-hydrogen) atoms. The number of amides is 1. The van der Waals surface area contributed by atoms with Gasteiger partial charge in [0.05, 0.1) is 11.9 Å². The molecule has 1 N–H and O–H groups in total. The molecule has 0 atom stereocenters. The molecular formula is C16H22N4O2S. The minimum absolute atomic E-state index is 0.0273. The molecule has 0 aromatic carbocycles. The third kappa shape index (κ3) is 4.41. The maximum absolute atomic E-state index is 12.0. The fourth-order valence-electron chi connectivity index (χ4n) is 2.31. The monoisotopic (exact) mass is 334 g/mol. The van der Waals surface area contributed by atoms with Gasteiger partial charge in [0.2, 0.25) is 5.91 Å². The number of rotatable bonds is 7. The van der Waals surface area contributed by atoms with Gasteiger partial charge in [-0.25, -0.2) is 4.98 Å². The summed E-state index contributed by atoms with van der Waals surface area (Å²) in [5, 5.41) is 4.62. The van der Waals surface area contributed by atoms with E-state index in [1.165, 1.54) is 0 Å². The normalized spacial score (nSPS) is 10.6. The van der Waals surface area contributed by atoms with Gasteiger partial charge in [0.25, 0.3) is 0 Å². The van der Waals surface area contributed by atoms with Gasteiger partial charge in [0.1, 0.15) is 5.82 Å². The van der Waals surface area contributed by atoms with Crippen LogP contribution >= 0.6 is 11.3 Å². The number of nitrogens with one attached hydrogen (secondary N) is 1. The van der Waals surface area contributed by atoms with Crippen LogP contribution in [0.2, 0.25) is 0 Å². The van der Waals surface area contributed by atoms with E-state index < -0.39 is 0 Å². The lowest BCUT2D eigenvalue weighted by molar-refractivity contribution is -0.116. The maximum Gasteiger partial charge on any atom is 0.307 e. The Morgan fingerprint density at radius 3 is 2.61 bits per heavy atom. The molecule has 0 saturated carbocycles. The summed E-state index contributed by atoms with van der Waals surface area (Å²) in [5.41, 5.74) is 1.55. The second kappa shape index (κ2) is 7.92. The van der Waals surface area contributed by atoms with Gasteiger partial charge < -0.3 is 14.8 Å². The van der Waals surface area contributed by atoms with Crippen LogP contribution in [0.15, 0.2) is 28.5 Å². The van der Waals surface area contributed by atoms with Crippen LogP contribution < -0.4 is 15.1 Å². The SMILES string of the molecule is CCN(CC)c1ccc(NC(=O)CCn2c(C)csc2=O)cn1. The minimum Gasteiger partial charge on any atom is -0.357 e. The molecule has 0 aliphatic carbocycles. The summed E-state index contributed by atoms with van der Waals surface area (Å²) in [7, 11) is 0. The highest BCUT2D eigenvalue weighted by atomic mass is 32.1. The van der Waals surface area contributed by atoms with Crippen molar-refractivity contribution in [2.45, 2.75) is 33.7 Å². The molecule has 0 fully saturated rings. The number of pyridine rings is 1. The Morgan fingerprint density at radius 2 is 2.09 bits per heavy atom. The minimum atomic E-state index is -0.125. The fraction of sp³-hybridized carbons (Fsp3) is 0.438. The van der Waals surface area contributed by atoms with Gasteiger partial charge >= 0.3 is 4.87 Å². The number of nitrogens with zero attached hydrogens (tertiary/aromatic N) is 3. The van der Waals surface area contributed by atoms with Gasteiger partial charge in [-0.2, -0.15) is 0 Å². The van der Waals surface area contributed by atoms with E-state index in [2.05, 4.69) is 29.0 Å². The van der Waals surface area contributed by atoms with Crippen molar-refractivity contribution in [2.75, 3.05) is 23.3 Å². The van der Waals surface area contributed by atoms with Crippen LogP contribution in [-0.2, 0) is 11.3 Å². The van der Waals surface area contributed by atoms with Crippen LogP contribution in [0.4, 0.5) is 11.5 Å². The van der Waals surface area contributed by atoms with Crippen LogP contribution in [0.3, 0.4) is 0 Å². The van der Waals surface area contributed by atoms with Crippen LogP contribution in [0, 0.1) is 6.92 Å².